The van der Waals surface area contributed by atoms with E-state index in [9.17, 15) is 0 Å². The molecule has 3 unspecified atom stereocenters. The van der Waals surface area contributed by atoms with E-state index >= 15 is 0 Å². The van der Waals surface area contributed by atoms with Crippen molar-refractivity contribution in [2.75, 3.05) is 6.61 Å². The molecule has 0 bridgehead atoms. The van der Waals surface area contributed by atoms with Gasteiger partial charge in [-0.3, -0.25) is 0 Å². The number of hydrogen-bond donors (Lipinski definition) is 0. The molecule has 28 heavy (non-hydrogen) atoms. The zero-order valence-corrected chi connectivity index (χ0v) is 20.6. The summed E-state index contributed by atoms with van der Waals surface area (Å²) in [6.45, 7) is 24.3. The summed E-state index contributed by atoms with van der Waals surface area (Å²) in [4.78, 5) is 0. The normalized spacial score (nSPS) is 16.1. The van der Waals surface area contributed by atoms with E-state index in [4.69, 9.17) is 4.74 Å². The third kappa shape index (κ3) is 10.5. The molecular formula is C27H48O. The Hall–Kier alpha value is -0.980. The van der Waals surface area contributed by atoms with Crippen LogP contribution in [0.25, 0.3) is 0 Å². The molecule has 0 aliphatic carbocycles. The standard InChI is InChI=1S/C27H48O/c1-20(2)23-13-15-25(16-14-23)28-19-24(22(4)18-27(8,9)10)12-11-21(3)17-26(5,6)7/h13-16,20-22,24H,11-12,17-19H2,1-10H3. The van der Waals surface area contributed by atoms with Crippen LogP contribution in [0.15, 0.2) is 24.3 Å². The highest BCUT2D eigenvalue weighted by Gasteiger charge is 2.25. The van der Waals surface area contributed by atoms with E-state index in [1.807, 2.05) is 0 Å². The molecule has 1 aromatic rings. The largest absolute Gasteiger partial charge is 0.493 e. The summed E-state index contributed by atoms with van der Waals surface area (Å²) in [5, 5.41) is 0. The van der Waals surface area contributed by atoms with Gasteiger partial charge in [-0.1, -0.05) is 87.8 Å². The zero-order valence-electron chi connectivity index (χ0n) is 20.6. The summed E-state index contributed by atoms with van der Waals surface area (Å²) in [6, 6.07) is 8.70. The van der Waals surface area contributed by atoms with Gasteiger partial charge in [0.2, 0.25) is 0 Å². The van der Waals surface area contributed by atoms with Gasteiger partial charge in [-0.15, -0.1) is 0 Å². The van der Waals surface area contributed by atoms with Crippen molar-refractivity contribution in [1.29, 1.82) is 0 Å². The quantitative estimate of drug-likeness (QED) is 0.389. The van der Waals surface area contributed by atoms with Crippen molar-refractivity contribution in [3.63, 3.8) is 0 Å². The topological polar surface area (TPSA) is 9.23 Å². The van der Waals surface area contributed by atoms with Crippen LogP contribution in [0.5, 0.6) is 5.75 Å². The van der Waals surface area contributed by atoms with Gasteiger partial charge >= 0.3 is 0 Å². The average Bonchev–Trinajstić information content (AvgIpc) is 2.51. The second kappa shape index (κ2) is 10.7. The van der Waals surface area contributed by atoms with E-state index in [0.717, 1.165) is 18.3 Å². The Morgan fingerprint density at radius 2 is 1.29 bits per heavy atom. The number of hydrogen-bond acceptors (Lipinski definition) is 1. The second-order valence-electron chi connectivity index (χ2n) is 12.0. The molecule has 1 nitrogen and oxygen atoms in total. The zero-order chi connectivity index (χ0) is 21.5. The minimum atomic E-state index is 0.369. The Balaban J connectivity index is 2.71. The molecule has 0 radical (unpaired) electrons. The summed E-state index contributed by atoms with van der Waals surface area (Å²) in [7, 11) is 0. The highest BCUT2D eigenvalue weighted by atomic mass is 16.5. The first-order chi connectivity index (χ1) is 12.8. The Kier molecular flexibility index (Phi) is 9.57. The monoisotopic (exact) mass is 388 g/mol. The lowest BCUT2D eigenvalue weighted by molar-refractivity contribution is 0.147. The summed E-state index contributed by atoms with van der Waals surface area (Å²) in [5.74, 6) is 3.65. The molecule has 0 N–H and O–H groups in total. The average molecular weight is 389 g/mol. The maximum atomic E-state index is 6.27. The lowest BCUT2D eigenvalue weighted by Gasteiger charge is -2.31. The fraction of sp³-hybridized carbons (Fsp3) is 0.778. The SMILES string of the molecule is CC(CCC(COc1ccc(C(C)C)cc1)C(C)CC(C)(C)C)CC(C)(C)C. The Morgan fingerprint density at radius 1 is 0.750 bits per heavy atom. The van der Waals surface area contributed by atoms with Crippen LogP contribution in [0, 0.1) is 28.6 Å². The van der Waals surface area contributed by atoms with Crippen LogP contribution < -0.4 is 4.74 Å². The summed E-state index contributed by atoms with van der Waals surface area (Å²) < 4.78 is 6.27. The molecule has 3 atom stereocenters. The number of rotatable bonds is 10. The van der Waals surface area contributed by atoms with Crippen molar-refractivity contribution in [1.82, 2.24) is 0 Å². The van der Waals surface area contributed by atoms with Crippen LogP contribution >= 0.6 is 0 Å². The summed E-state index contributed by atoms with van der Waals surface area (Å²) >= 11 is 0. The van der Waals surface area contributed by atoms with Gasteiger partial charge in [0.05, 0.1) is 6.61 Å². The van der Waals surface area contributed by atoms with Gasteiger partial charge in [0.15, 0.2) is 0 Å². The van der Waals surface area contributed by atoms with Crippen molar-refractivity contribution in [3.05, 3.63) is 29.8 Å². The molecule has 0 spiro atoms. The van der Waals surface area contributed by atoms with Crippen molar-refractivity contribution in [2.24, 2.45) is 28.6 Å². The van der Waals surface area contributed by atoms with Crippen LogP contribution in [0.3, 0.4) is 0 Å². The van der Waals surface area contributed by atoms with E-state index in [1.165, 1.54) is 31.2 Å². The van der Waals surface area contributed by atoms with Crippen LogP contribution in [-0.4, -0.2) is 6.61 Å². The van der Waals surface area contributed by atoms with Gasteiger partial charge < -0.3 is 4.74 Å². The Labute approximate surface area is 176 Å². The fourth-order valence-electron chi connectivity index (χ4n) is 4.46. The van der Waals surface area contributed by atoms with E-state index in [-0.39, 0.29) is 0 Å². The first-order valence-corrected chi connectivity index (χ1v) is 11.5. The van der Waals surface area contributed by atoms with E-state index in [0.29, 0.717) is 28.6 Å². The second-order valence-corrected chi connectivity index (χ2v) is 12.0. The molecule has 0 aromatic heterocycles. The molecule has 1 rings (SSSR count). The minimum absolute atomic E-state index is 0.369. The van der Waals surface area contributed by atoms with Crippen molar-refractivity contribution < 1.29 is 4.74 Å². The molecular weight excluding hydrogens is 340 g/mol. The predicted molar refractivity (Wildman–Crippen MR) is 125 cm³/mol. The maximum Gasteiger partial charge on any atom is 0.119 e. The molecule has 0 amide bonds. The van der Waals surface area contributed by atoms with E-state index < -0.39 is 0 Å². The highest BCUT2D eigenvalue weighted by Crippen LogP contribution is 2.34. The lowest BCUT2D eigenvalue weighted by Crippen LogP contribution is -2.25. The molecule has 0 heterocycles. The maximum absolute atomic E-state index is 6.27. The van der Waals surface area contributed by atoms with E-state index in [2.05, 4.69) is 93.5 Å². The first-order valence-electron chi connectivity index (χ1n) is 11.5. The fourth-order valence-corrected chi connectivity index (χ4v) is 4.46. The van der Waals surface area contributed by atoms with Gasteiger partial charge in [-0.2, -0.15) is 0 Å². The number of benzene rings is 1. The van der Waals surface area contributed by atoms with Gasteiger partial charge in [0.1, 0.15) is 5.75 Å². The third-order valence-corrected chi connectivity index (χ3v) is 5.74. The Morgan fingerprint density at radius 3 is 1.75 bits per heavy atom. The van der Waals surface area contributed by atoms with Gasteiger partial charge in [-0.05, 0) is 71.5 Å². The molecule has 0 saturated heterocycles. The molecule has 0 saturated carbocycles. The molecule has 162 valence electrons. The summed E-state index contributed by atoms with van der Waals surface area (Å²) in [5.41, 5.74) is 2.16. The van der Waals surface area contributed by atoms with Gasteiger partial charge in [-0.25, -0.2) is 0 Å². The van der Waals surface area contributed by atoms with Crippen LogP contribution in [0.1, 0.15) is 106 Å². The predicted octanol–water partition coefficient (Wildman–Crippen LogP) is 8.73. The smallest absolute Gasteiger partial charge is 0.119 e. The molecule has 0 aliphatic heterocycles. The molecule has 1 aromatic carbocycles. The summed E-state index contributed by atoms with van der Waals surface area (Å²) in [6.07, 6.45) is 5.11. The van der Waals surface area contributed by atoms with Crippen molar-refractivity contribution >= 4 is 0 Å². The third-order valence-electron chi connectivity index (χ3n) is 5.74. The van der Waals surface area contributed by atoms with E-state index in [1.54, 1.807) is 0 Å². The highest BCUT2D eigenvalue weighted by molar-refractivity contribution is 5.28. The van der Waals surface area contributed by atoms with Crippen LogP contribution in [0.4, 0.5) is 0 Å². The number of ether oxygens (including phenoxy) is 1. The van der Waals surface area contributed by atoms with Crippen molar-refractivity contribution in [3.8, 4) is 5.75 Å². The van der Waals surface area contributed by atoms with Crippen molar-refractivity contribution in [2.45, 2.75) is 101 Å². The minimum Gasteiger partial charge on any atom is -0.493 e. The lowest BCUT2D eigenvalue weighted by atomic mass is 9.76. The van der Waals surface area contributed by atoms with Crippen LogP contribution in [0.2, 0.25) is 0 Å². The van der Waals surface area contributed by atoms with Crippen LogP contribution in [-0.2, 0) is 0 Å². The Bertz CT molecular complexity index is 541. The first kappa shape index (κ1) is 25.1. The molecule has 0 aliphatic rings. The van der Waals surface area contributed by atoms with Gasteiger partial charge in [0, 0.05) is 0 Å². The molecule has 0 fully saturated rings. The molecule has 1 heteroatoms. The van der Waals surface area contributed by atoms with Gasteiger partial charge in [0.25, 0.3) is 0 Å².